The van der Waals surface area contributed by atoms with Gasteiger partial charge in [-0.2, -0.15) is 0 Å². The number of aryl methyl sites for hydroxylation is 1. The molecule has 3 N–H and O–H groups in total. The van der Waals surface area contributed by atoms with Crippen LogP contribution in [0.15, 0.2) is 12.1 Å². The summed E-state index contributed by atoms with van der Waals surface area (Å²) in [7, 11) is 0. The Labute approximate surface area is 96.2 Å². The molecule has 1 saturated heterocycles. The molecule has 0 aliphatic carbocycles. The van der Waals surface area contributed by atoms with Crippen molar-refractivity contribution in [3.63, 3.8) is 0 Å². The summed E-state index contributed by atoms with van der Waals surface area (Å²) in [4.78, 5) is 4.41. The van der Waals surface area contributed by atoms with Gasteiger partial charge in [0.25, 0.3) is 0 Å². The fourth-order valence-electron chi connectivity index (χ4n) is 1.96. The minimum absolute atomic E-state index is 0.346. The van der Waals surface area contributed by atoms with Gasteiger partial charge < -0.3 is 15.8 Å². The largest absolute Gasteiger partial charge is 0.396 e. The van der Waals surface area contributed by atoms with Crippen LogP contribution in [0.5, 0.6) is 0 Å². The highest BCUT2D eigenvalue weighted by Gasteiger charge is 2.22. The maximum absolute atomic E-state index is 5.88. The number of hydrogen-bond donors (Lipinski definition) is 2. The average Bonchev–Trinajstić information content (AvgIpc) is 2.76. The first-order valence-electron chi connectivity index (χ1n) is 5.74. The zero-order valence-electron chi connectivity index (χ0n) is 9.86. The first kappa shape index (κ1) is 11.2. The van der Waals surface area contributed by atoms with Gasteiger partial charge in [-0.15, -0.1) is 0 Å². The van der Waals surface area contributed by atoms with E-state index in [0.717, 1.165) is 31.1 Å². The minimum atomic E-state index is 0.346. The van der Waals surface area contributed by atoms with E-state index in [9.17, 15) is 0 Å². The van der Waals surface area contributed by atoms with Crippen LogP contribution in [0.4, 0.5) is 11.5 Å². The number of nitrogens with zero attached hydrogens (tertiary/aromatic N) is 1. The predicted molar refractivity (Wildman–Crippen MR) is 65.4 cm³/mol. The van der Waals surface area contributed by atoms with Crippen LogP contribution in [0, 0.1) is 12.8 Å². The number of nitrogens with one attached hydrogen (secondary N) is 1. The molecule has 1 aromatic rings. The zero-order chi connectivity index (χ0) is 11.5. The molecule has 0 radical (unpaired) electrons. The second-order valence-corrected chi connectivity index (χ2v) is 4.45. The van der Waals surface area contributed by atoms with Crippen LogP contribution in [0.25, 0.3) is 0 Å². The number of ether oxygens (including phenoxy) is 1. The lowest BCUT2D eigenvalue weighted by Gasteiger charge is -2.20. The molecule has 2 unspecified atom stereocenters. The Hall–Kier alpha value is -1.29. The summed E-state index contributed by atoms with van der Waals surface area (Å²) in [6.45, 7) is 5.82. The lowest BCUT2D eigenvalue weighted by atomic mass is 10.0. The van der Waals surface area contributed by atoms with Crippen molar-refractivity contribution in [1.82, 2.24) is 4.98 Å². The monoisotopic (exact) mass is 221 g/mol. The van der Waals surface area contributed by atoms with Crippen LogP contribution < -0.4 is 11.1 Å². The Bertz CT molecular complexity index is 361. The predicted octanol–water partition coefficient (Wildman–Crippen LogP) is 1.81. The first-order chi connectivity index (χ1) is 7.66. The van der Waals surface area contributed by atoms with E-state index in [2.05, 4.69) is 17.2 Å². The third-order valence-electron chi connectivity index (χ3n) is 3.10. The summed E-state index contributed by atoms with van der Waals surface area (Å²) in [5.41, 5.74) is 7.56. The van der Waals surface area contributed by atoms with E-state index in [1.54, 1.807) is 0 Å². The second kappa shape index (κ2) is 4.70. The van der Waals surface area contributed by atoms with Crippen molar-refractivity contribution in [3.05, 3.63) is 17.8 Å². The van der Waals surface area contributed by atoms with Gasteiger partial charge in [-0.1, -0.05) is 0 Å². The molecule has 0 spiro atoms. The van der Waals surface area contributed by atoms with Crippen LogP contribution in [0.3, 0.4) is 0 Å². The lowest BCUT2D eigenvalue weighted by Crippen LogP contribution is -2.27. The van der Waals surface area contributed by atoms with Gasteiger partial charge in [0.1, 0.15) is 5.82 Å². The van der Waals surface area contributed by atoms with Crippen LogP contribution in [0.2, 0.25) is 0 Å². The van der Waals surface area contributed by atoms with Gasteiger partial charge in [0, 0.05) is 24.3 Å². The van der Waals surface area contributed by atoms with Gasteiger partial charge in [0.2, 0.25) is 0 Å². The summed E-state index contributed by atoms with van der Waals surface area (Å²) in [6.07, 6.45) is 1.11. The molecule has 0 amide bonds. The Morgan fingerprint density at radius 3 is 3.06 bits per heavy atom. The van der Waals surface area contributed by atoms with Gasteiger partial charge in [-0.3, -0.25) is 0 Å². The van der Waals surface area contributed by atoms with Crippen molar-refractivity contribution >= 4 is 11.5 Å². The Morgan fingerprint density at radius 2 is 2.38 bits per heavy atom. The zero-order valence-corrected chi connectivity index (χ0v) is 9.86. The standard InChI is InChI=1S/C12H19N3O/c1-8-3-4-11(13)12(14-8)15-9(2)10-5-6-16-7-10/h3-4,9-10H,5-7,13H2,1-2H3,(H,14,15). The fourth-order valence-corrected chi connectivity index (χ4v) is 1.96. The smallest absolute Gasteiger partial charge is 0.149 e. The third-order valence-corrected chi connectivity index (χ3v) is 3.10. The summed E-state index contributed by atoms with van der Waals surface area (Å²) in [5, 5.41) is 3.38. The Balaban J connectivity index is 2.04. The van der Waals surface area contributed by atoms with E-state index in [1.165, 1.54) is 0 Å². The maximum atomic E-state index is 5.88. The Morgan fingerprint density at radius 1 is 1.56 bits per heavy atom. The van der Waals surface area contributed by atoms with Crippen molar-refractivity contribution in [2.24, 2.45) is 5.92 Å². The lowest BCUT2D eigenvalue weighted by molar-refractivity contribution is 0.183. The van der Waals surface area contributed by atoms with E-state index in [1.807, 2.05) is 19.1 Å². The van der Waals surface area contributed by atoms with Crippen molar-refractivity contribution in [1.29, 1.82) is 0 Å². The number of pyridine rings is 1. The van der Waals surface area contributed by atoms with E-state index in [0.29, 0.717) is 17.6 Å². The number of aromatic nitrogens is 1. The third kappa shape index (κ3) is 2.44. The number of hydrogen-bond acceptors (Lipinski definition) is 4. The normalized spacial score (nSPS) is 22.0. The summed E-state index contributed by atoms with van der Waals surface area (Å²) < 4.78 is 5.38. The first-order valence-corrected chi connectivity index (χ1v) is 5.74. The molecule has 4 nitrogen and oxygen atoms in total. The maximum Gasteiger partial charge on any atom is 0.149 e. The van der Waals surface area contributed by atoms with Crippen LogP contribution in [-0.4, -0.2) is 24.2 Å². The molecule has 2 atom stereocenters. The number of rotatable bonds is 3. The van der Waals surface area contributed by atoms with E-state index in [4.69, 9.17) is 10.5 Å². The molecule has 1 fully saturated rings. The highest BCUT2D eigenvalue weighted by molar-refractivity contribution is 5.61. The van der Waals surface area contributed by atoms with Crippen LogP contribution in [-0.2, 0) is 4.74 Å². The second-order valence-electron chi connectivity index (χ2n) is 4.45. The van der Waals surface area contributed by atoms with Crippen LogP contribution >= 0.6 is 0 Å². The van der Waals surface area contributed by atoms with Gasteiger partial charge in [0.05, 0.1) is 12.3 Å². The molecule has 88 valence electrons. The molecule has 0 saturated carbocycles. The van der Waals surface area contributed by atoms with Gasteiger partial charge in [-0.05, 0) is 32.4 Å². The summed E-state index contributed by atoms with van der Waals surface area (Å²) in [5.74, 6) is 1.35. The molecule has 4 heteroatoms. The molecule has 1 aliphatic heterocycles. The molecule has 16 heavy (non-hydrogen) atoms. The van der Waals surface area contributed by atoms with Gasteiger partial charge in [0.15, 0.2) is 0 Å². The highest BCUT2D eigenvalue weighted by atomic mass is 16.5. The highest BCUT2D eigenvalue weighted by Crippen LogP contribution is 2.22. The number of anilines is 2. The molecule has 0 bridgehead atoms. The summed E-state index contributed by atoms with van der Waals surface area (Å²) in [6, 6.07) is 4.16. The molecule has 0 aromatic carbocycles. The van der Waals surface area contributed by atoms with Crippen molar-refractivity contribution < 1.29 is 4.74 Å². The molecule has 2 heterocycles. The van der Waals surface area contributed by atoms with E-state index in [-0.39, 0.29) is 0 Å². The fraction of sp³-hybridized carbons (Fsp3) is 0.583. The molecule has 2 rings (SSSR count). The number of nitrogen functional groups attached to an aromatic ring is 1. The van der Waals surface area contributed by atoms with Gasteiger partial charge in [-0.25, -0.2) is 4.98 Å². The van der Waals surface area contributed by atoms with E-state index < -0.39 is 0 Å². The van der Waals surface area contributed by atoms with Gasteiger partial charge >= 0.3 is 0 Å². The molecular formula is C12H19N3O. The topological polar surface area (TPSA) is 60.2 Å². The quantitative estimate of drug-likeness (QED) is 0.817. The summed E-state index contributed by atoms with van der Waals surface area (Å²) >= 11 is 0. The van der Waals surface area contributed by atoms with E-state index >= 15 is 0 Å². The molecular weight excluding hydrogens is 202 g/mol. The molecule has 1 aliphatic rings. The van der Waals surface area contributed by atoms with Crippen LogP contribution in [0.1, 0.15) is 19.0 Å². The SMILES string of the molecule is Cc1ccc(N)c(NC(C)C2CCOC2)n1. The van der Waals surface area contributed by atoms with Crippen molar-refractivity contribution in [2.45, 2.75) is 26.3 Å². The average molecular weight is 221 g/mol. The van der Waals surface area contributed by atoms with Crippen molar-refractivity contribution in [2.75, 3.05) is 24.3 Å². The van der Waals surface area contributed by atoms with Crippen molar-refractivity contribution in [3.8, 4) is 0 Å². The Kier molecular flexibility index (Phi) is 3.29. The molecule has 1 aromatic heterocycles. The number of nitrogens with two attached hydrogens (primary N) is 1. The minimum Gasteiger partial charge on any atom is -0.396 e.